The molecule has 0 spiro atoms. The van der Waals surface area contributed by atoms with Crippen molar-refractivity contribution in [3.63, 3.8) is 0 Å². The van der Waals surface area contributed by atoms with Crippen molar-refractivity contribution in [1.82, 2.24) is 15.5 Å². The van der Waals surface area contributed by atoms with Gasteiger partial charge in [0.25, 0.3) is 0 Å². The molecule has 0 radical (unpaired) electrons. The van der Waals surface area contributed by atoms with Crippen molar-refractivity contribution < 1.29 is 14.0 Å². The molecule has 1 heterocycles. The predicted octanol–water partition coefficient (Wildman–Crippen LogP) is 3.03. The van der Waals surface area contributed by atoms with E-state index in [9.17, 15) is 14.0 Å². The van der Waals surface area contributed by atoms with Crippen LogP contribution in [0.3, 0.4) is 0 Å². The molecule has 2 aromatic carbocycles. The first kappa shape index (κ1) is 18.9. The summed E-state index contributed by atoms with van der Waals surface area (Å²) < 4.78 is 12.9. The van der Waals surface area contributed by atoms with Crippen molar-refractivity contribution in [3.8, 4) is 0 Å². The van der Waals surface area contributed by atoms with Crippen molar-refractivity contribution in [2.24, 2.45) is 0 Å². The molecule has 27 heavy (non-hydrogen) atoms. The molecule has 1 saturated heterocycles. The smallest absolute Gasteiger partial charge is 0.315 e. The number of urea groups is 1. The number of nitrogens with zero attached hydrogens (tertiary/aromatic N) is 1. The monoisotopic (exact) mass is 369 g/mol. The van der Waals surface area contributed by atoms with Crippen LogP contribution in [0.2, 0.25) is 0 Å². The van der Waals surface area contributed by atoms with Gasteiger partial charge in [0.2, 0.25) is 5.91 Å². The molecule has 2 aromatic rings. The van der Waals surface area contributed by atoms with E-state index >= 15 is 0 Å². The van der Waals surface area contributed by atoms with Crippen LogP contribution in [0.4, 0.5) is 9.18 Å². The number of amides is 3. The Kier molecular flexibility index (Phi) is 6.06. The van der Waals surface area contributed by atoms with Gasteiger partial charge in [-0.2, -0.15) is 0 Å². The van der Waals surface area contributed by atoms with E-state index in [1.165, 1.54) is 12.1 Å². The minimum absolute atomic E-state index is 0.0213. The molecule has 3 amide bonds. The lowest BCUT2D eigenvalue weighted by Crippen LogP contribution is -2.44. The number of carbonyl (C=O) groups is 2. The number of carbonyl (C=O) groups excluding carboxylic acids is 2. The van der Waals surface area contributed by atoms with Gasteiger partial charge in [-0.05, 0) is 36.6 Å². The van der Waals surface area contributed by atoms with Crippen LogP contribution in [-0.2, 0) is 11.2 Å². The highest BCUT2D eigenvalue weighted by Gasteiger charge is 2.33. The Morgan fingerprint density at radius 2 is 1.89 bits per heavy atom. The summed E-state index contributed by atoms with van der Waals surface area (Å²) in [5, 5.41) is 5.66. The SMILES string of the molecule is CC(c1ccccc1)N1CC(NC(=O)NCCc2ccc(F)cc2)CC1=O. The van der Waals surface area contributed by atoms with Gasteiger partial charge < -0.3 is 15.5 Å². The number of hydrogen-bond donors (Lipinski definition) is 2. The Morgan fingerprint density at radius 1 is 1.19 bits per heavy atom. The molecule has 2 unspecified atom stereocenters. The Morgan fingerprint density at radius 3 is 2.59 bits per heavy atom. The Hall–Kier alpha value is -2.89. The zero-order valence-electron chi connectivity index (χ0n) is 15.3. The summed E-state index contributed by atoms with van der Waals surface area (Å²) in [5.74, 6) is -0.229. The van der Waals surface area contributed by atoms with Gasteiger partial charge in [0.05, 0.1) is 12.1 Å². The topological polar surface area (TPSA) is 61.4 Å². The lowest BCUT2D eigenvalue weighted by molar-refractivity contribution is -0.129. The first-order valence-electron chi connectivity index (χ1n) is 9.16. The highest BCUT2D eigenvalue weighted by atomic mass is 19.1. The Balaban J connectivity index is 1.45. The number of halogens is 1. The molecule has 1 aliphatic heterocycles. The van der Waals surface area contributed by atoms with E-state index in [-0.39, 0.29) is 29.8 Å². The third-order valence-corrected chi connectivity index (χ3v) is 4.86. The van der Waals surface area contributed by atoms with Gasteiger partial charge in [0.1, 0.15) is 5.82 Å². The minimum atomic E-state index is -0.288. The number of hydrogen-bond acceptors (Lipinski definition) is 2. The van der Waals surface area contributed by atoms with Crippen LogP contribution in [0.15, 0.2) is 54.6 Å². The fourth-order valence-corrected chi connectivity index (χ4v) is 3.32. The molecule has 1 fully saturated rings. The first-order valence-corrected chi connectivity index (χ1v) is 9.16. The molecule has 3 rings (SSSR count). The highest BCUT2D eigenvalue weighted by Crippen LogP contribution is 2.25. The van der Waals surface area contributed by atoms with Crippen molar-refractivity contribution in [3.05, 3.63) is 71.5 Å². The largest absolute Gasteiger partial charge is 0.338 e. The number of nitrogens with one attached hydrogen (secondary N) is 2. The van der Waals surface area contributed by atoms with Gasteiger partial charge in [-0.3, -0.25) is 4.79 Å². The summed E-state index contributed by atoms with van der Waals surface area (Å²) in [6.07, 6.45) is 0.928. The van der Waals surface area contributed by atoms with Gasteiger partial charge in [-0.25, -0.2) is 9.18 Å². The second kappa shape index (κ2) is 8.66. The maximum Gasteiger partial charge on any atom is 0.315 e. The van der Waals surface area contributed by atoms with Crippen LogP contribution in [0.5, 0.6) is 0 Å². The van der Waals surface area contributed by atoms with Crippen LogP contribution in [0, 0.1) is 5.82 Å². The zero-order valence-corrected chi connectivity index (χ0v) is 15.3. The minimum Gasteiger partial charge on any atom is -0.338 e. The normalized spacial score (nSPS) is 17.6. The van der Waals surface area contributed by atoms with Crippen LogP contribution < -0.4 is 10.6 Å². The number of benzene rings is 2. The van der Waals surface area contributed by atoms with Gasteiger partial charge in [0.15, 0.2) is 0 Å². The summed E-state index contributed by atoms with van der Waals surface area (Å²) in [6.45, 7) is 2.95. The van der Waals surface area contributed by atoms with E-state index in [2.05, 4.69) is 10.6 Å². The molecule has 142 valence electrons. The summed E-state index contributed by atoms with van der Waals surface area (Å²) in [5.41, 5.74) is 2.03. The second-order valence-corrected chi connectivity index (χ2v) is 6.81. The average molecular weight is 369 g/mol. The quantitative estimate of drug-likeness (QED) is 0.822. The van der Waals surface area contributed by atoms with Crippen LogP contribution >= 0.6 is 0 Å². The van der Waals surface area contributed by atoms with E-state index in [0.717, 1.165) is 11.1 Å². The summed E-state index contributed by atoms with van der Waals surface area (Å²) in [4.78, 5) is 26.2. The van der Waals surface area contributed by atoms with E-state index < -0.39 is 0 Å². The second-order valence-electron chi connectivity index (χ2n) is 6.81. The molecular formula is C21H24FN3O2. The lowest BCUT2D eigenvalue weighted by Gasteiger charge is -2.25. The first-order chi connectivity index (χ1) is 13.0. The number of likely N-dealkylation sites (tertiary alicyclic amines) is 1. The molecular weight excluding hydrogens is 345 g/mol. The van der Waals surface area contributed by atoms with Gasteiger partial charge in [-0.15, -0.1) is 0 Å². The third-order valence-electron chi connectivity index (χ3n) is 4.86. The molecule has 0 aromatic heterocycles. The van der Waals surface area contributed by atoms with E-state index in [1.807, 2.05) is 37.3 Å². The standard InChI is InChI=1S/C21H24FN3O2/c1-15(17-5-3-2-4-6-17)25-14-19(13-20(25)26)24-21(27)23-12-11-16-7-9-18(22)10-8-16/h2-10,15,19H,11-14H2,1H3,(H2,23,24,27). The molecule has 2 atom stereocenters. The summed E-state index contributed by atoms with van der Waals surface area (Å²) in [6, 6.07) is 15.6. The van der Waals surface area contributed by atoms with E-state index in [0.29, 0.717) is 25.9 Å². The zero-order chi connectivity index (χ0) is 19.2. The van der Waals surface area contributed by atoms with Gasteiger partial charge in [-0.1, -0.05) is 42.5 Å². The summed E-state index contributed by atoms with van der Waals surface area (Å²) in [7, 11) is 0. The molecule has 5 nitrogen and oxygen atoms in total. The van der Waals surface area contributed by atoms with Crippen molar-refractivity contribution in [1.29, 1.82) is 0 Å². The highest BCUT2D eigenvalue weighted by molar-refractivity contribution is 5.82. The maximum absolute atomic E-state index is 12.9. The molecule has 2 N–H and O–H groups in total. The van der Waals surface area contributed by atoms with Crippen molar-refractivity contribution >= 4 is 11.9 Å². The van der Waals surface area contributed by atoms with Crippen molar-refractivity contribution in [2.75, 3.05) is 13.1 Å². The molecule has 0 bridgehead atoms. The van der Waals surface area contributed by atoms with Crippen LogP contribution in [-0.4, -0.2) is 36.0 Å². The fraction of sp³-hybridized carbons (Fsp3) is 0.333. The van der Waals surface area contributed by atoms with Gasteiger partial charge >= 0.3 is 6.03 Å². The molecule has 6 heteroatoms. The Bertz CT molecular complexity index is 780. The Labute approximate surface area is 158 Å². The maximum atomic E-state index is 12.9. The molecule has 0 aliphatic carbocycles. The average Bonchev–Trinajstić information content (AvgIpc) is 3.03. The third kappa shape index (κ3) is 5.06. The predicted molar refractivity (Wildman–Crippen MR) is 102 cm³/mol. The number of rotatable bonds is 6. The summed E-state index contributed by atoms with van der Waals surface area (Å²) >= 11 is 0. The van der Waals surface area contributed by atoms with Crippen LogP contribution in [0.25, 0.3) is 0 Å². The van der Waals surface area contributed by atoms with Crippen molar-refractivity contribution in [2.45, 2.75) is 31.8 Å². The van der Waals surface area contributed by atoms with E-state index in [4.69, 9.17) is 0 Å². The fourth-order valence-electron chi connectivity index (χ4n) is 3.32. The van der Waals surface area contributed by atoms with Gasteiger partial charge in [0, 0.05) is 19.5 Å². The molecule has 0 saturated carbocycles. The van der Waals surface area contributed by atoms with Crippen LogP contribution in [0.1, 0.15) is 30.5 Å². The lowest BCUT2D eigenvalue weighted by atomic mass is 10.1. The van der Waals surface area contributed by atoms with E-state index in [1.54, 1.807) is 17.0 Å². The molecule has 1 aliphatic rings.